The minimum Gasteiger partial charge on any atom is -0.404 e. The van der Waals surface area contributed by atoms with Gasteiger partial charge in [0.2, 0.25) is 5.95 Å². The van der Waals surface area contributed by atoms with Crippen LogP contribution in [0.2, 0.25) is 5.02 Å². The van der Waals surface area contributed by atoms with Gasteiger partial charge in [0, 0.05) is 74.2 Å². The first-order valence-electron chi connectivity index (χ1n) is 11.8. The van der Waals surface area contributed by atoms with Gasteiger partial charge in [-0.3, -0.25) is 4.90 Å². The molecule has 1 aliphatic heterocycles. The van der Waals surface area contributed by atoms with Crippen LogP contribution >= 0.6 is 11.6 Å². The highest BCUT2D eigenvalue weighted by Crippen LogP contribution is 2.28. The van der Waals surface area contributed by atoms with E-state index in [0.29, 0.717) is 17.1 Å². The standard InChI is InChI=1S/C26H33ClN8/c1-33(2)8-9-34-10-12-35(13-11-34)26-31-24-7-6-20(21(16-28)17-29)15-23(24)25(32-26)30-18-19-4-3-5-22(27)14-19/h3-7,14-17,28H,8-13,18,29H2,1-2H3,(H,30,31,32)/b21-17+,28-16?. The number of aromatic nitrogens is 2. The zero-order valence-electron chi connectivity index (χ0n) is 20.3. The van der Waals surface area contributed by atoms with Crippen molar-refractivity contribution in [2.24, 2.45) is 5.73 Å². The van der Waals surface area contributed by atoms with Crippen LogP contribution in [-0.4, -0.2) is 79.3 Å². The highest BCUT2D eigenvalue weighted by molar-refractivity contribution is 6.30. The Bertz CT molecular complexity index is 1200. The van der Waals surface area contributed by atoms with E-state index in [1.807, 2.05) is 42.5 Å². The summed E-state index contributed by atoms with van der Waals surface area (Å²) in [6, 6.07) is 13.7. The number of halogens is 1. The Morgan fingerprint density at radius 1 is 1.14 bits per heavy atom. The van der Waals surface area contributed by atoms with Gasteiger partial charge in [0.15, 0.2) is 0 Å². The molecule has 2 aromatic carbocycles. The van der Waals surface area contributed by atoms with Gasteiger partial charge in [-0.15, -0.1) is 0 Å². The van der Waals surface area contributed by atoms with Crippen LogP contribution in [0.5, 0.6) is 0 Å². The first kappa shape index (κ1) is 24.9. The fraction of sp³-hybridized carbons (Fsp3) is 0.346. The highest BCUT2D eigenvalue weighted by atomic mass is 35.5. The zero-order valence-corrected chi connectivity index (χ0v) is 21.1. The number of likely N-dealkylation sites (N-methyl/N-ethyl adjacent to an activating group) is 1. The number of hydrogen-bond acceptors (Lipinski definition) is 8. The molecule has 0 aliphatic carbocycles. The smallest absolute Gasteiger partial charge is 0.227 e. The van der Waals surface area contributed by atoms with Crippen molar-refractivity contribution in [2.45, 2.75) is 6.54 Å². The molecule has 1 fully saturated rings. The van der Waals surface area contributed by atoms with Crippen molar-refractivity contribution in [3.63, 3.8) is 0 Å². The molecule has 184 valence electrons. The van der Waals surface area contributed by atoms with Gasteiger partial charge in [-0.25, -0.2) is 4.98 Å². The normalized spacial score (nSPS) is 15.1. The Morgan fingerprint density at radius 3 is 2.63 bits per heavy atom. The monoisotopic (exact) mass is 492 g/mol. The zero-order chi connectivity index (χ0) is 24.8. The molecule has 0 atom stereocenters. The molecule has 3 aromatic rings. The highest BCUT2D eigenvalue weighted by Gasteiger charge is 2.20. The number of rotatable bonds is 9. The lowest BCUT2D eigenvalue weighted by Crippen LogP contribution is -2.48. The third-order valence-electron chi connectivity index (χ3n) is 6.22. The van der Waals surface area contributed by atoms with Crippen LogP contribution in [0, 0.1) is 5.41 Å². The molecule has 0 bridgehead atoms. The maximum Gasteiger partial charge on any atom is 0.227 e. The van der Waals surface area contributed by atoms with Crippen LogP contribution in [-0.2, 0) is 6.54 Å². The van der Waals surface area contributed by atoms with Crippen LogP contribution in [0.25, 0.3) is 16.5 Å². The van der Waals surface area contributed by atoms with Gasteiger partial charge in [-0.1, -0.05) is 29.8 Å². The third-order valence-corrected chi connectivity index (χ3v) is 6.45. The van der Waals surface area contributed by atoms with Gasteiger partial charge in [-0.05, 0) is 49.5 Å². The summed E-state index contributed by atoms with van der Waals surface area (Å²) in [6.45, 7) is 6.46. The van der Waals surface area contributed by atoms with Gasteiger partial charge in [0.05, 0.1) is 5.52 Å². The molecule has 0 amide bonds. The van der Waals surface area contributed by atoms with E-state index in [0.717, 1.165) is 73.1 Å². The van der Waals surface area contributed by atoms with E-state index >= 15 is 0 Å². The summed E-state index contributed by atoms with van der Waals surface area (Å²) in [5.41, 5.74) is 9.15. The summed E-state index contributed by atoms with van der Waals surface area (Å²) in [5, 5.41) is 12.8. The second kappa shape index (κ2) is 11.5. The average molecular weight is 493 g/mol. The molecule has 0 saturated carbocycles. The lowest BCUT2D eigenvalue weighted by atomic mass is 10.0. The predicted molar refractivity (Wildman–Crippen MR) is 146 cm³/mol. The summed E-state index contributed by atoms with van der Waals surface area (Å²) < 4.78 is 0. The van der Waals surface area contributed by atoms with E-state index < -0.39 is 0 Å². The van der Waals surface area contributed by atoms with Crippen molar-refractivity contribution in [1.82, 2.24) is 19.8 Å². The lowest BCUT2D eigenvalue weighted by Gasteiger charge is -2.35. The van der Waals surface area contributed by atoms with Crippen molar-refractivity contribution in [3.05, 3.63) is 64.8 Å². The second-order valence-electron chi connectivity index (χ2n) is 8.99. The molecule has 0 unspecified atom stereocenters. The molecule has 1 aromatic heterocycles. The van der Waals surface area contributed by atoms with Crippen LogP contribution in [0.4, 0.5) is 11.8 Å². The van der Waals surface area contributed by atoms with E-state index in [2.05, 4.69) is 34.1 Å². The number of benzene rings is 2. The van der Waals surface area contributed by atoms with E-state index in [1.54, 1.807) is 0 Å². The SMILES string of the molecule is CN(C)CCN1CCN(c2nc(NCc3cccc(Cl)c3)c3cc(/C(C=N)=C/N)ccc3n2)CC1. The van der Waals surface area contributed by atoms with E-state index in [4.69, 9.17) is 32.7 Å². The van der Waals surface area contributed by atoms with Gasteiger partial charge >= 0.3 is 0 Å². The Kier molecular flexibility index (Phi) is 8.17. The predicted octanol–water partition coefficient (Wildman–Crippen LogP) is 3.53. The summed E-state index contributed by atoms with van der Waals surface area (Å²) in [4.78, 5) is 16.8. The number of anilines is 2. The van der Waals surface area contributed by atoms with Crippen LogP contribution in [0.3, 0.4) is 0 Å². The van der Waals surface area contributed by atoms with Crippen molar-refractivity contribution in [1.29, 1.82) is 5.41 Å². The van der Waals surface area contributed by atoms with E-state index in [-0.39, 0.29) is 0 Å². The molecule has 1 aliphatic rings. The number of fused-ring (bicyclic) bond motifs is 1. The summed E-state index contributed by atoms with van der Waals surface area (Å²) in [5.74, 6) is 1.48. The fourth-order valence-electron chi connectivity index (χ4n) is 4.15. The minimum absolute atomic E-state index is 0.582. The molecule has 4 rings (SSSR count). The molecule has 35 heavy (non-hydrogen) atoms. The summed E-state index contributed by atoms with van der Waals surface area (Å²) in [7, 11) is 4.22. The minimum atomic E-state index is 0.582. The Labute approximate surface area is 211 Å². The van der Waals surface area contributed by atoms with Gasteiger partial charge in [0.25, 0.3) is 0 Å². The Morgan fingerprint density at radius 2 is 1.94 bits per heavy atom. The molecular formula is C26H33ClN8. The van der Waals surface area contributed by atoms with Crippen LogP contribution < -0.4 is 16.0 Å². The maximum atomic E-state index is 7.66. The largest absolute Gasteiger partial charge is 0.404 e. The Balaban J connectivity index is 1.62. The van der Waals surface area contributed by atoms with Gasteiger partial charge in [0.1, 0.15) is 5.82 Å². The molecule has 0 radical (unpaired) electrons. The first-order chi connectivity index (χ1) is 17.0. The number of piperazine rings is 1. The third kappa shape index (κ3) is 6.28. The van der Waals surface area contributed by atoms with Gasteiger partial charge in [-0.2, -0.15) is 4.98 Å². The number of hydrogen-bond donors (Lipinski definition) is 3. The summed E-state index contributed by atoms with van der Waals surface area (Å²) in [6.07, 6.45) is 2.70. The number of nitrogens with one attached hydrogen (secondary N) is 2. The first-order valence-corrected chi connectivity index (χ1v) is 12.2. The molecular weight excluding hydrogens is 460 g/mol. The summed E-state index contributed by atoms with van der Waals surface area (Å²) >= 11 is 6.18. The maximum absolute atomic E-state index is 7.66. The molecule has 9 heteroatoms. The molecule has 8 nitrogen and oxygen atoms in total. The molecule has 2 heterocycles. The van der Waals surface area contributed by atoms with Crippen molar-refractivity contribution in [3.8, 4) is 0 Å². The molecule has 1 saturated heterocycles. The Hall–Kier alpha value is -3.20. The van der Waals surface area contributed by atoms with Crippen LogP contribution in [0.1, 0.15) is 11.1 Å². The average Bonchev–Trinajstić information content (AvgIpc) is 2.87. The van der Waals surface area contributed by atoms with E-state index in [9.17, 15) is 0 Å². The number of nitrogens with zero attached hydrogens (tertiary/aromatic N) is 5. The lowest BCUT2D eigenvalue weighted by molar-refractivity contribution is 0.229. The second-order valence-corrected chi connectivity index (χ2v) is 9.42. The quantitative estimate of drug-likeness (QED) is 0.393. The van der Waals surface area contributed by atoms with Crippen molar-refractivity contribution >= 4 is 46.1 Å². The topological polar surface area (TPSA) is 97.4 Å². The fourth-order valence-corrected chi connectivity index (χ4v) is 4.36. The number of allylic oxidation sites excluding steroid dienone is 1. The van der Waals surface area contributed by atoms with Crippen molar-refractivity contribution in [2.75, 3.05) is 63.6 Å². The van der Waals surface area contributed by atoms with Crippen molar-refractivity contribution < 1.29 is 0 Å². The van der Waals surface area contributed by atoms with Crippen LogP contribution in [0.15, 0.2) is 48.7 Å². The molecule has 0 spiro atoms. The number of nitrogens with two attached hydrogens (primary N) is 1. The van der Waals surface area contributed by atoms with E-state index in [1.165, 1.54) is 12.4 Å². The van der Waals surface area contributed by atoms with Gasteiger partial charge < -0.3 is 26.3 Å². The molecule has 4 N–H and O–H groups in total.